The number of H-pyrrole nitrogens is 1. The van der Waals surface area contributed by atoms with Crippen molar-refractivity contribution in [3.63, 3.8) is 0 Å². The van der Waals surface area contributed by atoms with Crippen LogP contribution in [0.15, 0.2) is 27.8 Å². The van der Waals surface area contributed by atoms with Crippen LogP contribution in [0.5, 0.6) is 0 Å². The maximum absolute atomic E-state index is 12.5. The van der Waals surface area contributed by atoms with Gasteiger partial charge in [0, 0.05) is 18.2 Å². The lowest BCUT2D eigenvalue weighted by atomic mass is 9.86. The van der Waals surface area contributed by atoms with Gasteiger partial charge in [0.2, 0.25) is 0 Å². The van der Waals surface area contributed by atoms with E-state index in [9.17, 15) is 14.4 Å². The monoisotopic (exact) mass is 329 g/mol. The molecule has 0 radical (unpaired) electrons. The lowest BCUT2D eigenvalue weighted by molar-refractivity contribution is 0.0910. The summed E-state index contributed by atoms with van der Waals surface area (Å²) >= 11 is 0. The molecule has 1 aliphatic rings. The third kappa shape index (κ3) is 3.00. The highest BCUT2D eigenvalue weighted by Gasteiger charge is 2.23. The van der Waals surface area contributed by atoms with Gasteiger partial charge in [0.1, 0.15) is 0 Å². The molecule has 1 saturated carbocycles. The zero-order chi connectivity index (χ0) is 17.3. The Bertz CT molecular complexity index is 881. The molecule has 2 atom stereocenters. The van der Waals surface area contributed by atoms with E-state index in [0.717, 1.165) is 19.3 Å². The third-order valence-corrected chi connectivity index (χ3v) is 4.98. The number of nitrogens with one attached hydrogen (secondary N) is 2. The number of fused-ring (bicyclic) bond motifs is 1. The van der Waals surface area contributed by atoms with Gasteiger partial charge < -0.3 is 14.9 Å². The highest BCUT2D eigenvalue weighted by molar-refractivity contribution is 5.97. The minimum Gasteiger partial charge on any atom is -0.349 e. The number of amides is 1. The van der Waals surface area contributed by atoms with E-state index >= 15 is 0 Å². The van der Waals surface area contributed by atoms with E-state index in [1.54, 1.807) is 18.2 Å². The molecule has 6 nitrogen and oxygen atoms in total. The largest absolute Gasteiger partial charge is 0.349 e. The summed E-state index contributed by atoms with van der Waals surface area (Å²) in [7, 11) is 0. The standard InChI is InChI=1S/C18H23N3O3/c1-3-21-15-9-8-12(10-14(15)20-17(23)18(21)24)16(22)19-13-7-5-4-6-11(13)2/h8-11,13H,3-7H2,1-2H3,(H,19,22)(H,20,23)/t11-,13-/m0/s1. The summed E-state index contributed by atoms with van der Waals surface area (Å²) in [5.41, 5.74) is 0.397. The van der Waals surface area contributed by atoms with Crippen LogP contribution in [0.2, 0.25) is 0 Å². The number of aromatic amines is 1. The van der Waals surface area contributed by atoms with Gasteiger partial charge in [0.15, 0.2) is 0 Å². The molecule has 1 fully saturated rings. The van der Waals surface area contributed by atoms with Crippen LogP contribution >= 0.6 is 0 Å². The zero-order valence-electron chi connectivity index (χ0n) is 14.1. The summed E-state index contributed by atoms with van der Waals surface area (Å²) in [4.78, 5) is 38.7. The minimum atomic E-state index is -0.664. The predicted molar refractivity (Wildman–Crippen MR) is 93.4 cm³/mol. The summed E-state index contributed by atoms with van der Waals surface area (Å²) in [5.74, 6) is 0.346. The summed E-state index contributed by atoms with van der Waals surface area (Å²) < 4.78 is 1.42. The van der Waals surface area contributed by atoms with Crippen molar-refractivity contribution in [2.24, 2.45) is 5.92 Å². The number of carbonyl (C=O) groups excluding carboxylic acids is 1. The Labute approximate surface area is 139 Å². The molecule has 0 aliphatic heterocycles. The number of aryl methyl sites for hydroxylation is 1. The van der Waals surface area contributed by atoms with Gasteiger partial charge in [0.05, 0.1) is 11.0 Å². The average molecular weight is 329 g/mol. The van der Waals surface area contributed by atoms with Crippen LogP contribution in [-0.2, 0) is 6.54 Å². The molecule has 6 heteroatoms. The van der Waals surface area contributed by atoms with Gasteiger partial charge in [-0.1, -0.05) is 19.8 Å². The van der Waals surface area contributed by atoms with Crippen molar-refractivity contribution in [1.29, 1.82) is 0 Å². The van der Waals surface area contributed by atoms with Crippen molar-refractivity contribution >= 4 is 16.9 Å². The minimum absolute atomic E-state index is 0.134. The maximum Gasteiger partial charge on any atom is 0.316 e. The van der Waals surface area contributed by atoms with Crippen LogP contribution in [0.4, 0.5) is 0 Å². The number of hydrogen-bond donors (Lipinski definition) is 2. The number of carbonyl (C=O) groups is 1. The zero-order valence-corrected chi connectivity index (χ0v) is 14.1. The Morgan fingerprint density at radius 3 is 2.75 bits per heavy atom. The average Bonchev–Trinajstić information content (AvgIpc) is 2.57. The summed E-state index contributed by atoms with van der Waals surface area (Å²) in [6.07, 6.45) is 4.51. The molecule has 1 aliphatic carbocycles. The molecule has 24 heavy (non-hydrogen) atoms. The molecule has 1 amide bonds. The number of benzene rings is 1. The Balaban J connectivity index is 1.93. The number of nitrogens with zero attached hydrogens (tertiary/aromatic N) is 1. The van der Waals surface area contributed by atoms with Crippen molar-refractivity contribution in [3.05, 3.63) is 44.5 Å². The van der Waals surface area contributed by atoms with Crippen LogP contribution < -0.4 is 16.4 Å². The van der Waals surface area contributed by atoms with Crippen LogP contribution in [0.3, 0.4) is 0 Å². The van der Waals surface area contributed by atoms with Gasteiger partial charge in [-0.3, -0.25) is 14.4 Å². The topological polar surface area (TPSA) is 84.0 Å². The van der Waals surface area contributed by atoms with Crippen molar-refractivity contribution in [2.75, 3.05) is 0 Å². The smallest absolute Gasteiger partial charge is 0.316 e. The number of hydrogen-bond acceptors (Lipinski definition) is 3. The van der Waals surface area contributed by atoms with Crippen LogP contribution in [0.25, 0.3) is 11.0 Å². The van der Waals surface area contributed by atoms with Gasteiger partial charge in [-0.25, -0.2) is 0 Å². The fourth-order valence-corrected chi connectivity index (χ4v) is 3.52. The molecule has 1 heterocycles. The van der Waals surface area contributed by atoms with Crippen LogP contribution in [-0.4, -0.2) is 21.5 Å². The molecule has 2 N–H and O–H groups in total. The molecule has 0 bridgehead atoms. The van der Waals surface area contributed by atoms with Gasteiger partial charge >= 0.3 is 11.1 Å². The van der Waals surface area contributed by atoms with E-state index in [2.05, 4.69) is 17.2 Å². The van der Waals surface area contributed by atoms with Crippen molar-refractivity contribution in [1.82, 2.24) is 14.9 Å². The first-order valence-electron chi connectivity index (χ1n) is 8.59. The van der Waals surface area contributed by atoms with Gasteiger partial charge in [-0.05, 0) is 43.9 Å². The van der Waals surface area contributed by atoms with Crippen molar-refractivity contribution in [3.8, 4) is 0 Å². The quantitative estimate of drug-likeness (QED) is 0.845. The second-order valence-electron chi connectivity index (χ2n) is 6.58. The number of aromatic nitrogens is 2. The molecule has 1 aromatic heterocycles. The van der Waals surface area contributed by atoms with Crippen LogP contribution in [0, 0.1) is 5.92 Å². The lowest BCUT2D eigenvalue weighted by Gasteiger charge is -2.29. The molecule has 128 valence electrons. The fourth-order valence-electron chi connectivity index (χ4n) is 3.52. The molecule has 0 spiro atoms. The predicted octanol–water partition coefficient (Wildman–Crippen LogP) is 2.02. The second-order valence-corrected chi connectivity index (χ2v) is 6.58. The van der Waals surface area contributed by atoms with E-state index < -0.39 is 11.1 Å². The third-order valence-electron chi connectivity index (χ3n) is 4.98. The lowest BCUT2D eigenvalue weighted by Crippen LogP contribution is -2.41. The Morgan fingerprint density at radius 1 is 1.29 bits per heavy atom. The van der Waals surface area contributed by atoms with E-state index in [1.165, 1.54) is 11.0 Å². The summed E-state index contributed by atoms with van der Waals surface area (Å²) in [5, 5.41) is 3.10. The Morgan fingerprint density at radius 2 is 2.04 bits per heavy atom. The van der Waals surface area contributed by atoms with Crippen molar-refractivity contribution in [2.45, 2.75) is 52.1 Å². The molecule has 3 rings (SSSR count). The van der Waals surface area contributed by atoms with E-state index in [1.807, 2.05) is 6.92 Å². The van der Waals surface area contributed by atoms with E-state index in [-0.39, 0.29) is 11.9 Å². The Kier molecular flexibility index (Phi) is 4.55. The number of rotatable bonds is 3. The first kappa shape index (κ1) is 16.5. The highest BCUT2D eigenvalue weighted by atomic mass is 16.2. The van der Waals surface area contributed by atoms with Crippen molar-refractivity contribution < 1.29 is 4.79 Å². The molecule has 0 saturated heterocycles. The highest BCUT2D eigenvalue weighted by Crippen LogP contribution is 2.24. The second kappa shape index (κ2) is 6.63. The van der Waals surface area contributed by atoms with E-state index in [4.69, 9.17) is 0 Å². The first-order chi connectivity index (χ1) is 11.5. The van der Waals surface area contributed by atoms with Gasteiger partial charge in [-0.2, -0.15) is 0 Å². The summed E-state index contributed by atoms with van der Waals surface area (Å²) in [6.45, 7) is 4.39. The first-order valence-corrected chi connectivity index (χ1v) is 8.59. The molecular weight excluding hydrogens is 306 g/mol. The SMILES string of the molecule is CCn1c(=O)c(=O)[nH]c2cc(C(=O)N[C@H]3CCCC[C@@H]3C)ccc21. The molecule has 0 unspecified atom stereocenters. The summed E-state index contributed by atoms with van der Waals surface area (Å²) in [6, 6.07) is 5.26. The normalized spacial score (nSPS) is 20.9. The van der Waals surface area contributed by atoms with Gasteiger partial charge in [0.25, 0.3) is 5.91 Å². The molecule has 2 aromatic rings. The van der Waals surface area contributed by atoms with Gasteiger partial charge in [-0.15, -0.1) is 0 Å². The molecule has 1 aromatic carbocycles. The Hall–Kier alpha value is -2.37. The fraction of sp³-hybridized carbons (Fsp3) is 0.500. The maximum atomic E-state index is 12.5. The van der Waals surface area contributed by atoms with Crippen LogP contribution in [0.1, 0.15) is 49.9 Å². The molecular formula is C18H23N3O3. The van der Waals surface area contributed by atoms with E-state index in [0.29, 0.717) is 29.1 Å².